The number of amides is 1. The van der Waals surface area contributed by atoms with Crippen LogP contribution in [0.15, 0.2) is 43.0 Å². The van der Waals surface area contributed by atoms with Gasteiger partial charge < -0.3 is 20.1 Å². The second kappa shape index (κ2) is 7.95. The van der Waals surface area contributed by atoms with E-state index in [1.165, 1.54) is 0 Å². The fraction of sp³-hybridized carbons (Fsp3) is 0.263. The highest BCUT2D eigenvalue weighted by Gasteiger charge is 2.13. The van der Waals surface area contributed by atoms with Crippen LogP contribution >= 0.6 is 0 Å². The first-order chi connectivity index (χ1) is 13.7. The van der Waals surface area contributed by atoms with Crippen LogP contribution in [0.3, 0.4) is 0 Å². The molecule has 0 aliphatic carbocycles. The molecule has 1 aromatic carbocycles. The molecule has 0 atom stereocenters. The molecule has 1 aliphatic rings. The molecule has 0 radical (unpaired) electrons. The molecule has 28 heavy (non-hydrogen) atoms. The molecule has 0 saturated heterocycles. The summed E-state index contributed by atoms with van der Waals surface area (Å²) in [4.78, 5) is 24.9. The Morgan fingerprint density at radius 2 is 2.11 bits per heavy atom. The molecule has 1 aliphatic heterocycles. The molecule has 0 bridgehead atoms. The molecule has 4 rings (SSSR count). The minimum atomic E-state index is -0.0502. The van der Waals surface area contributed by atoms with Crippen molar-refractivity contribution in [3.63, 3.8) is 0 Å². The first kappa shape index (κ1) is 17.8. The normalized spacial score (nSPS) is 12.0. The zero-order valence-corrected chi connectivity index (χ0v) is 15.4. The van der Waals surface area contributed by atoms with E-state index in [1.54, 1.807) is 23.3 Å². The van der Waals surface area contributed by atoms with Crippen LogP contribution in [0.25, 0.3) is 5.95 Å². The van der Waals surface area contributed by atoms with Crippen molar-refractivity contribution in [2.45, 2.75) is 19.9 Å². The van der Waals surface area contributed by atoms with Crippen molar-refractivity contribution in [2.75, 3.05) is 18.7 Å². The molecular weight excluding hydrogens is 360 g/mol. The Balaban J connectivity index is 1.26. The second-order valence-electron chi connectivity index (χ2n) is 6.31. The lowest BCUT2D eigenvalue weighted by Gasteiger charge is -2.09. The van der Waals surface area contributed by atoms with E-state index < -0.39 is 0 Å². The molecule has 1 amide bonds. The molecule has 0 unspecified atom stereocenters. The maximum absolute atomic E-state index is 12.1. The molecule has 9 nitrogen and oxygen atoms in total. The number of anilines is 1. The van der Waals surface area contributed by atoms with E-state index in [0.717, 1.165) is 17.0 Å². The largest absolute Gasteiger partial charge is 0.454 e. The maximum atomic E-state index is 12.1. The van der Waals surface area contributed by atoms with E-state index in [9.17, 15) is 4.79 Å². The summed E-state index contributed by atoms with van der Waals surface area (Å²) >= 11 is 0. The van der Waals surface area contributed by atoms with E-state index >= 15 is 0 Å². The number of hydrogen-bond donors (Lipinski definition) is 2. The van der Waals surface area contributed by atoms with E-state index in [2.05, 4.69) is 25.6 Å². The van der Waals surface area contributed by atoms with Gasteiger partial charge >= 0.3 is 0 Å². The smallest absolute Gasteiger partial charge is 0.237 e. The summed E-state index contributed by atoms with van der Waals surface area (Å²) in [7, 11) is 0. The Morgan fingerprint density at radius 1 is 1.21 bits per heavy atom. The van der Waals surface area contributed by atoms with Crippen LogP contribution in [0.5, 0.6) is 11.5 Å². The summed E-state index contributed by atoms with van der Waals surface area (Å²) < 4.78 is 12.4. The third-order valence-electron chi connectivity index (χ3n) is 4.16. The number of imidazole rings is 1. The first-order valence-electron chi connectivity index (χ1n) is 8.90. The fourth-order valence-corrected chi connectivity index (χ4v) is 2.78. The zero-order valence-electron chi connectivity index (χ0n) is 15.4. The molecule has 2 N–H and O–H groups in total. The summed E-state index contributed by atoms with van der Waals surface area (Å²) in [6.45, 7) is 3.03. The van der Waals surface area contributed by atoms with Gasteiger partial charge in [-0.2, -0.15) is 4.98 Å². The quantitative estimate of drug-likeness (QED) is 0.644. The van der Waals surface area contributed by atoms with Gasteiger partial charge in [0.1, 0.15) is 12.1 Å². The van der Waals surface area contributed by atoms with Gasteiger partial charge in [-0.3, -0.25) is 9.36 Å². The van der Waals surface area contributed by atoms with Crippen LogP contribution in [0.2, 0.25) is 0 Å². The molecule has 144 valence electrons. The lowest BCUT2D eigenvalue weighted by molar-refractivity contribution is -0.121. The lowest BCUT2D eigenvalue weighted by atomic mass is 10.2. The van der Waals surface area contributed by atoms with Crippen LogP contribution in [-0.4, -0.2) is 38.8 Å². The summed E-state index contributed by atoms with van der Waals surface area (Å²) in [5, 5.41) is 6.07. The van der Waals surface area contributed by atoms with Crippen LogP contribution < -0.4 is 20.1 Å². The minimum absolute atomic E-state index is 0.0502. The van der Waals surface area contributed by atoms with Gasteiger partial charge in [0.15, 0.2) is 11.5 Å². The molecule has 3 heterocycles. The standard InChI is InChI=1S/C19H20N6O3/c1-13-8-17(24-19(23-13)25-7-6-20-11-25)21-5-4-18(26)22-10-14-2-3-15-16(9-14)28-12-27-15/h2-3,6-9,11H,4-5,10,12H2,1H3,(H,22,26)(H,21,23,24). The summed E-state index contributed by atoms with van der Waals surface area (Å²) in [6.07, 6.45) is 5.42. The van der Waals surface area contributed by atoms with Gasteiger partial charge in [0.2, 0.25) is 18.6 Å². The molecule has 2 aromatic heterocycles. The third-order valence-corrected chi connectivity index (χ3v) is 4.16. The molecular formula is C19H20N6O3. The number of hydrogen-bond acceptors (Lipinski definition) is 7. The van der Waals surface area contributed by atoms with Gasteiger partial charge in [-0.05, 0) is 24.6 Å². The highest BCUT2D eigenvalue weighted by Crippen LogP contribution is 2.32. The average molecular weight is 380 g/mol. The molecule has 0 spiro atoms. The van der Waals surface area contributed by atoms with E-state index in [1.807, 2.05) is 31.2 Å². The number of fused-ring (bicyclic) bond motifs is 1. The molecule has 9 heteroatoms. The number of nitrogens with one attached hydrogen (secondary N) is 2. The van der Waals surface area contributed by atoms with Crippen LogP contribution in [0.4, 0.5) is 5.82 Å². The third kappa shape index (κ3) is 4.20. The summed E-state index contributed by atoms with van der Waals surface area (Å²) in [5.74, 6) is 2.59. The van der Waals surface area contributed by atoms with Crippen molar-refractivity contribution in [1.82, 2.24) is 24.8 Å². The molecule has 3 aromatic rings. The van der Waals surface area contributed by atoms with Crippen LogP contribution in [-0.2, 0) is 11.3 Å². The fourth-order valence-electron chi connectivity index (χ4n) is 2.78. The SMILES string of the molecule is Cc1cc(NCCC(=O)NCc2ccc3c(c2)OCO3)nc(-n2ccnc2)n1. The van der Waals surface area contributed by atoms with Gasteiger partial charge in [0, 0.05) is 43.7 Å². The second-order valence-corrected chi connectivity index (χ2v) is 6.31. The number of rotatable bonds is 7. The predicted molar refractivity (Wildman–Crippen MR) is 101 cm³/mol. The highest BCUT2D eigenvalue weighted by atomic mass is 16.7. The van der Waals surface area contributed by atoms with Crippen molar-refractivity contribution in [2.24, 2.45) is 0 Å². The van der Waals surface area contributed by atoms with E-state index in [4.69, 9.17) is 9.47 Å². The number of carbonyl (C=O) groups excluding carboxylic acids is 1. The number of nitrogens with zero attached hydrogens (tertiary/aromatic N) is 4. The van der Waals surface area contributed by atoms with Crippen molar-refractivity contribution >= 4 is 11.7 Å². The van der Waals surface area contributed by atoms with Crippen LogP contribution in [0.1, 0.15) is 17.7 Å². The van der Waals surface area contributed by atoms with Crippen molar-refractivity contribution in [1.29, 1.82) is 0 Å². The number of aromatic nitrogens is 4. The summed E-state index contributed by atoms with van der Waals surface area (Å²) in [6, 6.07) is 7.47. The molecule has 0 saturated carbocycles. The lowest BCUT2D eigenvalue weighted by Crippen LogP contribution is -2.25. The highest BCUT2D eigenvalue weighted by molar-refractivity contribution is 5.76. The number of ether oxygens (including phenoxy) is 2. The van der Waals surface area contributed by atoms with E-state index in [0.29, 0.717) is 37.0 Å². The van der Waals surface area contributed by atoms with Crippen molar-refractivity contribution in [3.05, 3.63) is 54.2 Å². The molecule has 0 fully saturated rings. The number of aryl methyl sites for hydroxylation is 1. The zero-order chi connectivity index (χ0) is 19.3. The number of benzene rings is 1. The Kier molecular flexibility index (Phi) is 5.05. The van der Waals surface area contributed by atoms with Gasteiger partial charge in [-0.15, -0.1) is 0 Å². The Bertz CT molecular complexity index is 974. The Hall–Kier alpha value is -3.62. The van der Waals surface area contributed by atoms with Crippen molar-refractivity contribution in [3.8, 4) is 17.4 Å². The topological polar surface area (TPSA) is 103 Å². The number of carbonyl (C=O) groups is 1. The Morgan fingerprint density at radius 3 is 2.96 bits per heavy atom. The monoisotopic (exact) mass is 380 g/mol. The van der Waals surface area contributed by atoms with Crippen molar-refractivity contribution < 1.29 is 14.3 Å². The first-order valence-corrected chi connectivity index (χ1v) is 8.90. The van der Waals surface area contributed by atoms with Crippen LogP contribution in [0, 0.1) is 6.92 Å². The van der Waals surface area contributed by atoms with Gasteiger partial charge in [0.05, 0.1) is 0 Å². The average Bonchev–Trinajstić information content (AvgIpc) is 3.37. The maximum Gasteiger partial charge on any atom is 0.237 e. The Labute approximate surface area is 161 Å². The van der Waals surface area contributed by atoms with Gasteiger partial charge in [-0.25, -0.2) is 9.97 Å². The summed E-state index contributed by atoms with van der Waals surface area (Å²) in [5.41, 5.74) is 1.79. The van der Waals surface area contributed by atoms with Gasteiger partial charge in [0.25, 0.3) is 0 Å². The van der Waals surface area contributed by atoms with E-state index in [-0.39, 0.29) is 12.7 Å². The minimum Gasteiger partial charge on any atom is -0.454 e. The predicted octanol–water partition coefficient (Wildman–Crippen LogP) is 1.82. The van der Waals surface area contributed by atoms with Gasteiger partial charge in [-0.1, -0.05) is 6.07 Å².